The quantitative estimate of drug-likeness (QED) is 0.759. The molecule has 2 atom stereocenters. The Kier molecular flexibility index (Phi) is 5.17. The van der Waals surface area contributed by atoms with Crippen LogP contribution >= 0.6 is 0 Å². The minimum atomic E-state index is -4.67. The fourth-order valence-corrected chi connectivity index (χ4v) is 3.57. The number of hydrogen-bond acceptors (Lipinski definition) is 4. The van der Waals surface area contributed by atoms with Gasteiger partial charge in [-0.25, -0.2) is 4.79 Å². The van der Waals surface area contributed by atoms with Gasteiger partial charge in [-0.3, -0.25) is 4.79 Å². The minimum absolute atomic E-state index is 0.163. The van der Waals surface area contributed by atoms with Crippen molar-refractivity contribution in [1.29, 1.82) is 0 Å². The Bertz CT molecular complexity index is 896. The molecule has 1 fully saturated rings. The highest BCUT2D eigenvalue weighted by Crippen LogP contribution is 2.34. The molecule has 0 aliphatic carbocycles. The average molecular weight is 383 g/mol. The van der Waals surface area contributed by atoms with E-state index in [2.05, 4.69) is 13.8 Å². The van der Waals surface area contributed by atoms with Gasteiger partial charge in [0.05, 0.1) is 5.56 Å². The lowest BCUT2D eigenvalue weighted by molar-refractivity contribution is -0.137. The van der Waals surface area contributed by atoms with E-state index in [1.165, 1.54) is 18.2 Å². The topological polar surface area (TPSA) is 59.8 Å². The molecule has 0 radical (unpaired) electrons. The van der Waals surface area contributed by atoms with Crippen LogP contribution in [0.25, 0.3) is 11.0 Å². The summed E-state index contributed by atoms with van der Waals surface area (Å²) in [5.41, 5.74) is -2.40. The summed E-state index contributed by atoms with van der Waals surface area (Å²) in [7, 11) is 0. The van der Waals surface area contributed by atoms with Gasteiger partial charge >= 0.3 is 11.8 Å². The van der Waals surface area contributed by atoms with Crippen molar-refractivity contribution in [3.8, 4) is 5.75 Å². The first-order valence-corrected chi connectivity index (χ1v) is 8.69. The Morgan fingerprint density at radius 2 is 1.89 bits per heavy atom. The van der Waals surface area contributed by atoms with Crippen LogP contribution in [-0.4, -0.2) is 30.5 Å². The molecule has 2 heterocycles. The van der Waals surface area contributed by atoms with Gasteiger partial charge in [0.25, 0.3) is 5.91 Å². The zero-order valence-corrected chi connectivity index (χ0v) is 15.0. The minimum Gasteiger partial charge on any atom is -0.484 e. The summed E-state index contributed by atoms with van der Waals surface area (Å²) >= 11 is 0. The number of benzene rings is 1. The Hall–Kier alpha value is -2.51. The third kappa shape index (κ3) is 4.43. The number of alkyl halides is 3. The third-order valence-corrected chi connectivity index (χ3v) is 4.61. The maximum atomic E-state index is 13.1. The lowest BCUT2D eigenvalue weighted by Crippen LogP contribution is -2.44. The van der Waals surface area contributed by atoms with Crippen molar-refractivity contribution in [2.45, 2.75) is 26.4 Å². The SMILES string of the molecule is C[C@H]1C[C@H](C)CN(C(=O)COc2ccc3c(C(F)(F)F)cc(=O)oc3c2)C1. The van der Waals surface area contributed by atoms with Crippen LogP contribution in [0.15, 0.2) is 33.5 Å². The highest BCUT2D eigenvalue weighted by atomic mass is 19.4. The molecule has 0 bridgehead atoms. The van der Waals surface area contributed by atoms with E-state index in [0.29, 0.717) is 31.0 Å². The van der Waals surface area contributed by atoms with Crippen molar-refractivity contribution in [3.63, 3.8) is 0 Å². The number of hydrogen-bond donors (Lipinski definition) is 0. The van der Waals surface area contributed by atoms with Crippen molar-refractivity contribution in [2.75, 3.05) is 19.7 Å². The van der Waals surface area contributed by atoms with Crippen LogP contribution < -0.4 is 10.4 Å². The molecule has 1 aromatic carbocycles. The van der Waals surface area contributed by atoms with Crippen molar-refractivity contribution < 1.29 is 27.1 Å². The summed E-state index contributed by atoms with van der Waals surface area (Å²) in [5.74, 6) is 0.803. The number of likely N-dealkylation sites (tertiary alicyclic amines) is 1. The van der Waals surface area contributed by atoms with E-state index in [0.717, 1.165) is 6.42 Å². The predicted molar refractivity (Wildman–Crippen MR) is 92.5 cm³/mol. The molecule has 27 heavy (non-hydrogen) atoms. The fourth-order valence-electron chi connectivity index (χ4n) is 3.57. The molecule has 1 saturated heterocycles. The number of nitrogens with zero attached hydrogens (tertiary/aromatic N) is 1. The molecule has 0 spiro atoms. The van der Waals surface area contributed by atoms with Crippen molar-refractivity contribution in [3.05, 3.63) is 40.2 Å². The first-order chi connectivity index (χ1) is 12.6. The van der Waals surface area contributed by atoms with E-state index in [-0.39, 0.29) is 29.2 Å². The van der Waals surface area contributed by atoms with Gasteiger partial charge in [-0.05, 0) is 30.4 Å². The summed E-state index contributed by atoms with van der Waals surface area (Å²) in [4.78, 5) is 25.5. The molecule has 0 unspecified atom stereocenters. The van der Waals surface area contributed by atoms with Gasteiger partial charge in [-0.2, -0.15) is 13.2 Å². The summed E-state index contributed by atoms with van der Waals surface area (Å²) < 4.78 is 49.5. The summed E-state index contributed by atoms with van der Waals surface area (Å²) in [6.07, 6.45) is -3.61. The zero-order valence-electron chi connectivity index (χ0n) is 15.0. The Morgan fingerprint density at radius 3 is 2.52 bits per heavy atom. The standard InChI is InChI=1S/C19H20F3NO4/c1-11-5-12(2)9-23(8-11)17(24)10-26-13-3-4-14-15(19(20,21)22)7-18(25)27-16(14)6-13/h3-4,6-7,11-12H,5,8-10H2,1-2H3/t11-,12-/m0/s1. The molecular weight excluding hydrogens is 363 g/mol. The Labute approximate surface area is 153 Å². The Balaban J connectivity index is 1.76. The molecule has 3 rings (SSSR count). The number of fused-ring (bicyclic) bond motifs is 1. The lowest BCUT2D eigenvalue weighted by Gasteiger charge is -2.34. The second-order valence-corrected chi connectivity index (χ2v) is 7.17. The van der Waals surface area contributed by atoms with Gasteiger partial charge < -0.3 is 14.1 Å². The van der Waals surface area contributed by atoms with Gasteiger partial charge in [-0.1, -0.05) is 13.8 Å². The zero-order chi connectivity index (χ0) is 19.8. The average Bonchev–Trinajstić information content (AvgIpc) is 2.56. The number of carbonyl (C=O) groups is 1. The van der Waals surface area contributed by atoms with Gasteiger partial charge in [0, 0.05) is 30.6 Å². The maximum absolute atomic E-state index is 13.1. The number of ether oxygens (including phenoxy) is 1. The number of carbonyl (C=O) groups excluding carboxylic acids is 1. The number of piperidine rings is 1. The van der Waals surface area contributed by atoms with Gasteiger partial charge in [-0.15, -0.1) is 0 Å². The third-order valence-electron chi connectivity index (χ3n) is 4.61. The fraction of sp³-hybridized carbons (Fsp3) is 0.474. The molecule has 5 nitrogen and oxygen atoms in total. The van der Waals surface area contributed by atoms with Gasteiger partial charge in [0.2, 0.25) is 0 Å². The molecule has 2 aromatic rings. The number of halogens is 3. The number of amides is 1. The molecule has 8 heteroatoms. The van der Waals surface area contributed by atoms with E-state index >= 15 is 0 Å². The van der Waals surface area contributed by atoms with Crippen molar-refractivity contribution in [1.82, 2.24) is 4.90 Å². The molecule has 0 saturated carbocycles. The van der Waals surface area contributed by atoms with E-state index in [1.54, 1.807) is 4.90 Å². The number of rotatable bonds is 3. The monoisotopic (exact) mass is 383 g/mol. The second-order valence-electron chi connectivity index (χ2n) is 7.17. The highest BCUT2D eigenvalue weighted by Gasteiger charge is 2.34. The van der Waals surface area contributed by atoms with Crippen LogP contribution in [0.1, 0.15) is 25.8 Å². The summed E-state index contributed by atoms with van der Waals surface area (Å²) in [5, 5.41) is -0.237. The molecule has 0 N–H and O–H groups in total. The maximum Gasteiger partial charge on any atom is 0.417 e. The molecule has 1 amide bonds. The largest absolute Gasteiger partial charge is 0.484 e. The molecular formula is C19H20F3NO4. The van der Waals surface area contributed by atoms with Crippen molar-refractivity contribution >= 4 is 16.9 Å². The van der Waals surface area contributed by atoms with Crippen LogP contribution in [0.2, 0.25) is 0 Å². The predicted octanol–water partition coefficient (Wildman–Crippen LogP) is 3.70. The van der Waals surface area contributed by atoms with E-state index < -0.39 is 17.4 Å². The van der Waals surface area contributed by atoms with Gasteiger partial charge in [0.15, 0.2) is 6.61 Å². The lowest BCUT2D eigenvalue weighted by atomic mass is 9.92. The van der Waals surface area contributed by atoms with Crippen LogP contribution in [0, 0.1) is 11.8 Å². The van der Waals surface area contributed by atoms with Crippen LogP contribution in [0.3, 0.4) is 0 Å². The Morgan fingerprint density at radius 1 is 1.22 bits per heavy atom. The highest BCUT2D eigenvalue weighted by molar-refractivity contribution is 5.82. The normalized spacial score (nSPS) is 20.7. The van der Waals surface area contributed by atoms with E-state index in [1.807, 2.05) is 0 Å². The first kappa shape index (κ1) is 19.3. The van der Waals surface area contributed by atoms with E-state index in [9.17, 15) is 22.8 Å². The van der Waals surface area contributed by atoms with Crippen molar-refractivity contribution in [2.24, 2.45) is 11.8 Å². The second kappa shape index (κ2) is 7.25. The van der Waals surface area contributed by atoms with E-state index in [4.69, 9.17) is 9.15 Å². The first-order valence-electron chi connectivity index (χ1n) is 8.69. The molecule has 1 aliphatic rings. The van der Waals surface area contributed by atoms with Gasteiger partial charge in [0.1, 0.15) is 11.3 Å². The smallest absolute Gasteiger partial charge is 0.417 e. The molecule has 146 valence electrons. The van der Waals surface area contributed by atoms with Crippen LogP contribution in [-0.2, 0) is 11.0 Å². The summed E-state index contributed by atoms with van der Waals surface area (Å²) in [6, 6.07) is 4.12. The molecule has 1 aliphatic heterocycles. The molecule has 1 aromatic heterocycles. The van der Waals surface area contributed by atoms with Crippen LogP contribution in [0.5, 0.6) is 5.75 Å². The summed E-state index contributed by atoms with van der Waals surface area (Å²) in [6.45, 7) is 5.26. The van der Waals surface area contributed by atoms with Crippen LogP contribution in [0.4, 0.5) is 13.2 Å².